The predicted molar refractivity (Wildman–Crippen MR) is 104 cm³/mol. The van der Waals surface area contributed by atoms with Crippen molar-refractivity contribution in [2.75, 3.05) is 0 Å². The lowest BCUT2D eigenvalue weighted by molar-refractivity contribution is -0.148. The number of benzene rings is 2. The van der Waals surface area contributed by atoms with Crippen molar-refractivity contribution in [2.45, 2.75) is 33.3 Å². The Labute approximate surface area is 162 Å². The Hall–Kier alpha value is -3.41. The van der Waals surface area contributed by atoms with Crippen LogP contribution in [0.25, 0.3) is 22.4 Å². The highest BCUT2D eigenvalue weighted by molar-refractivity contribution is 5.88. The molecule has 6 nitrogen and oxygen atoms in total. The van der Waals surface area contributed by atoms with Crippen LogP contribution in [-0.4, -0.2) is 16.2 Å². The van der Waals surface area contributed by atoms with Gasteiger partial charge in [-0.25, -0.2) is 0 Å². The lowest BCUT2D eigenvalue weighted by Crippen LogP contribution is -2.11. The molecular formula is C22H20N2O4. The Morgan fingerprint density at radius 3 is 2.68 bits per heavy atom. The third kappa shape index (κ3) is 3.41. The van der Waals surface area contributed by atoms with Crippen molar-refractivity contribution in [3.05, 3.63) is 71.3 Å². The van der Waals surface area contributed by atoms with Crippen LogP contribution in [0.1, 0.15) is 35.6 Å². The van der Waals surface area contributed by atoms with Gasteiger partial charge < -0.3 is 13.6 Å². The Morgan fingerprint density at radius 2 is 1.89 bits per heavy atom. The number of hydrogen-bond donors (Lipinski definition) is 0. The average molecular weight is 376 g/mol. The Balaban J connectivity index is 1.46. The molecule has 2 heterocycles. The maximum absolute atomic E-state index is 12.4. The molecule has 0 spiro atoms. The van der Waals surface area contributed by atoms with E-state index in [9.17, 15) is 4.79 Å². The predicted octanol–water partition coefficient (Wildman–Crippen LogP) is 4.95. The summed E-state index contributed by atoms with van der Waals surface area (Å²) in [4.78, 5) is 12.4. The molecule has 2 aromatic carbocycles. The van der Waals surface area contributed by atoms with Gasteiger partial charge in [-0.2, -0.15) is 0 Å². The van der Waals surface area contributed by atoms with Gasteiger partial charge in [0.2, 0.25) is 5.89 Å². The summed E-state index contributed by atoms with van der Waals surface area (Å²) < 4.78 is 16.8. The monoisotopic (exact) mass is 376 g/mol. The molecule has 4 rings (SSSR count). The first kappa shape index (κ1) is 18.0. The van der Waals surface area contributed by atoms with Crippen LogP contribution in [0.5, 0.6) is 0 Å². The van der Waals surface area contributed by atoms with Crippen LogP contribution >= 0.6 is 0 Å². The lowest BCUT2D eigenvalue weighted by Gasteiger charge is -2.09. The van der Waals surface area contributed by atoms with E-state index in [0.717, 1.165) is 33.2 Å². The second-order valence-electron chi connectivity index (χ2n) is 6.77. The zero-order valence-electron chi connectivity index (χ0n) is 15.9. The van der Waals surface area contributed by atoms with E-state index in [4.69, 9.17) is 13.6 Å². The summed E-state index contributed by atoms with van der Waals surface area (Å²) in [5.41, 5.74) is 4.64. The van der Waals surface area contributed by atoms with E-state index in [0.29, 0.717) is 5.89 Å². The minimum atomic E-state index is -0.639. The summed E-state index contributed by atoms with van der Waals surface area (Å²) in [6.07, 6.45) is 1.09. The van der Waals surface area contributed by atoms with Gasteiger partial charge in [-0.1, -0.05) is 30.3 Å². The summed E-state index contributed by atoms with van der Waals surface area (Å²) >= 11 is 0. The minimum absolute atomic E-state index is 0.111. The maximum Gasteiger partial charge on any atom is 0.311 e. The number of furan rings is 1. The van der Waals surface area contributed by atoms with Gasteiger partial charge in [0.1, 0.15) is 5.58 Å². The number of carbonyl (C=O) groups is 1. The molecule has 0 amide bonds. The average Bonchev–Trinajstić information content (AvgIpc) is 3.33. The first-order valence-electron chi connectivity index (χ1n) is 9.07. The Bertz CT molecular complexity index is 1130. The molecule has 0 saturated heterocycles. The van der Waals surface area contributed by atoms with E-state index in [2.05, 4.69) is 10.2 Å². The summed E-state index contributed by atoms with van der Waals surface area (Å²) in [5.74, 6) is 0.272. The van der Waals surface area contributed by atoms with Crippen LogP contribution in [0.4, 0.5) is 0 Å². The van der Waals surface area contributed by atoms with Crippen molar-refractivity contribution >= 4 is 16.9 Å². The van der Waals surface area contributed by atoms with Crippen LogP contribution in [0.15, 0.2) is 57.6 Å². The highest BCUT2D eigenvalue weighted by Gasteiger charge is 2.20. The molecule has 6 heteroatoms. The van der Waals surface area contributed by atoms with E-state index in [1.54, 1.807) is 13.2 Å². The summed E-state index contributed by atoms with van der Waals surface area (Å²) in [6.45, 7) is 5.74. The number of fused-ring (bicyclic) bond motifs is 1. The van der Waals surface area contributed by atoms with E-state index in [1.165, 1.54) is 0 Å². The van der Waals surface area contributed by atoms with Crippen molar-refractivity contribution in [2.24, 2.45) is 0 Å². The fraction of sp³-hybridized carbons (Fsp3) is 0.227. The quantitative estimate of drug-likeness (QED) is 0.459. The SMILES string of the molecule is Cc1ccc2c(CC(=O)O[C@H](C)c3nnc(-c4ccccc4)o3)coc2c1C. The van der Waals surface area contributed by atoms with Crippen LogP contribution in [0.3, 0.4) is 0 Å². The molecule has 28 heavy (non-hydrogen) atoms. The Kier molecular flexibility index (Phi) is 4.69. The third-order valence-corrected chi connectivity index (χ3v) is 4.79. The van der Waals surface area contributed by atoms with Crippen molar-refractivity contribution in [1.29, 1.82) is 0 Å². The molecule has 0 saturated carbocycles. The van der Waals surface area contributed by atoms with Gasteiger partial charge in [-0.3, -0.25) is 4.79 Å². The molecule has 0 aliphatic carbocycles. The molecule has 0 N–H and O–H groups in total. The Morgan fingerprint density at radius 1 is 1.11 bits per heavy atom. The third-order valence-electron chi connectivity index (χ3n) is 4.79. The lowest BCUT2D eigenvalue weighted by atomic mass is 10.0. The summed E-state index contributed by atoms with van der Waals surface area (Å²) in [6, 6.07) is 13.4. The van der Waals surface area contributed by atoms with Gasteiger partial charge in [0, 0.05) is 16.5 Å². The van der Waals surface area contributed by atoms with Crippen LogP contribution in [-0.2, 0) is 16.0 Å². The van der Waals surface area contributed by atoms with E-state index >= 15 is 0 Å². The normalized spacial score (nSPS) is 12.2. The molecule has 2 aromatic heterocycles. The molecule has 0 fully saturated rings. The van der Waals surface area contributed by atoms with Crippen molar-refractivity contribution < 1.29 is 18.4 Å². The largest absolute Gasteiger partial charge is 0.464 e. The van der Waals surface area contributed by atoms with Gasteiger partial charge in [0.05, 0.1) is 12.7 Å². The maximum atomic E-state index is 12.4. The summed E-state index contributed by atoms with van der Waals surface area (Å²) in [7, 11) is 0. The molecule has 142 valence electrons. The standard InChI is InChI=1S/C22H20N2O4/c1-13-9-10-18-17(12-26-20(18)14(13)2)11-19(25)27-15(3)21-23-24-22(28-21)16-7-5-4-6-8-16/h4-10,12,15H,11H2,1-3H3/t15-/m1/s1. The van der Waals surface area contributed by atoms with Crippen LogP contribution in [0, 0.1) is 13.8 Å². The number of rotatable bonds is 5. The van der Waals surface area contributed by atoms with Crippen molar-refractivity contribution in [1.82, 2.24) is 10.2 Å². The highest BCUT2D eigenvalue weighted by atomic mass is 16.6. The van der Waals surface area contributed by atoms with E-state index < -0.39 is 6.10 Å². The highest BCUT2D eigenvalue weighted by Crippen LogP contribution is 2.28. The number of aryl methyl sites for hydroxylation is 2. The minimum Gasteiger partial charge on any atom is -0.464 e. The van der Waals surface area contributed by atoms with Gasteiger partial charge in [-0.05, 0) is 44.0 Å². The number of hydrogen-bond acceptors (Lipinski definition) is 6. The zero-order chi connectivity index (χ0) is 19.7. The van der Waals surface area contributed by atoms with Gasteiger partial charge >= 0.3 is 5.97 Å². The van der Waals surface area contributed by atoms with Crippen molar-refractivity contribution in [3.63, 3.8) is 0 Å². The topological polar surface area (TPSA) is 78.4 Å². The van der Waals surface area contributed by atoms with Crippen molar-refractivity contribution in [3.8, 4) is 11.5 Å². The molecule has 0 unspecified atom stereocenters. The molecular weight excluding hydrogens is 356 g/mol. The molecule has 4 aromatic rings. The molecule has 0 aliphatic rings. The van der Waals surface area contributed by atoms with E-state index in [-0.39, 0.29) is 18.3 Å². The first-order chi connectivity index (χ1) is 13.5. The number of ether oxygens (including phenoxy) is 1. The number of aromatic nitrogens is 2. The fourth-order valence-electron chi connectivity index (χ4n) is 3.07. The summed E-state index contributed by atoms with van der Waals surface area (Å²) in [5, 5.41) is 8.96. The van der Waals surface area contributed by atoms with Crippen LogP contribution in [0.2, 0.25) is 0 Å². The second kappa shape index (κ2) is 7.31. The van der Waals surface area contributed by atoms with Crippen LogP contribution < -0.4 is 0 Å². The molecule has 1 atom stereocenters. The molecule has 0 radical (unpaired) electrons. The molecule has 0 bridgehead atoms. The second-order valence-corrected chi connectivity index (χ2v) is 6.77. The fourth-order valence-corrected chi connectivity index (χ4v) is 3.07. The van der Waals surface area contributed by atoms with Gasteiger partial charge in [0.25, 0.3) is 5.89 Å². The van der Waals surface area contributed by atoms with Gasteiger partial charge in [0.15, 0.2) is 6.10 Å². The number of nitrogens with zero attached hydrogens (tertiary/aromatic N) is 2. The number of carbonyl (C=O) groups excluding carboxylic acids is 1. The first-order valence-corrected chi connectivity index (χ1v) is 9.07. The smallest absolute Gasteiger partial charge is 0.311 e. The van der Waals surface area contributed by atoms with E-state index in [1.807, 2.05) is 56.3 Å². The number of esters is 1. The van der Waals surface area contributed by atoms with Gasteiger partial charge in [-0.15, -0.1) is 10.2 Å². The molecule has 0 aliphatic heterocycles. The zero-order valence-corrected chi connectivity index (χ0v) is 15.9.